The second kappa shape index (κ2) is 9.36. The van der Waals surface area contributed by atoms with Gasteiger partial charge in [-0.3, -0.25) is 4.90 Å². The highest BCUT2D eigenvalue weighted by atomic mass is 32.1. The Morgan fingerprint density at radius 3 is 2.60 bits per heavy atom. The Bertz CT molecular complexity index is 948. The van der Waals surface area contributed by atoms with Crippen LogP contribution in [0.15, 0.2) is 49.2 Å². The first kappa shape index (κ1) is 20.5. The number of hydrogen-bond acceptors (Lipinski definition) is 6. The lowest BCUT2D eigenvalue weighted by molar-refractivity contribution is 0.111. The third-order valence-corrected chi connectivity index (χ3v) is 5.80. The highest BCUT2D eigenvalue weighted by molar-refractivity contribution is 7.80. The van der Waals surface area contributed by atoms with E-state index in [4.69, 9.17) is 4.74 Å². The normalized spacial score (nSPS) is 15.9. The van der Waals surface area contributed by atoms with Gasteiger partial charge < -0.3 is 19.2 Å². The topological polar surface area (TPSA) is 79.3 Å². The van der Waals surface area contributed by atoms with Gasteiger partial charge in [0, 0.05) is 64.8 Å². The van der Waals surface area contributed by atoms with Crippen LogP contribution in [0.4, 0.5) is 4.79 Å². The molecule has 0 aliphatic carbocycles. The first-order valence-corrected chi connectivity index (χ1v) is 10.5. The van der Waals surface area contributed by atoms with Crippen LogP contribution < -0.4 is 4.74 Å². The van der Waals surface area contributed by atoms with Crippen molar-refractivity contribution in [3.63, 3.8) is 0 Å². The van der Waals surface area contributed by atoms with E-state index in [0.717, 1.165) is 43.1 Å². The molecule has 0 spiro atoms. The van der Waals surface area contributed by atoms with Crippen LogP contribution in [0.2, 0.25) is 0 Å². The van der Waals surface area contributed by atoms with Crippen LogP contribution in [-0.2, 0) is 13.5 Å². The van der Waals surface area contributed by atoms with Crippen molar-refractivity contribution in [1.82, 2.24) is 29.3 Å². The highest BCUT2D eigenvalue weighted by Crippen LogP contribution is 2.27. The molecule has 8 nitrogen and oxygen atoms in total. The lowest BCUT2D eigenvalue weighted by Crippen LogP contribution is -2.49. The third kappa shape index (κ3) is 5.03. The van der Waals surface area contributed by atoms with E-state index in [1.165, 1.54) is 0 Å². The number of aromatic amines is 1. The fraction of sp³-hybridized carbons (Fsp3) is 0.381. The number of imidazole rings is 2. The van der Waals surface area contributed by atoms with Crippen LogP contribution in [0.5, 0.6) is 5.75 Å². The molecule has 1 unspecified atom stereocenters. The van der Waals surface area contributed by atoms with Gasteiger partial charge in [-0.25, -0.2) is 14.8 Å². The molecule has 9 heteroatoms. The van der Waals surface area contributed by atoms with Crippen molar-refractivity contribution in [3.8, 4) is 5.75 Å². The fourth-order valence-electron chi connectivity index (χ4n) is 3.49. The molecule has 158 valence electrons. The molecule has 1 N–H and O–H groups in total. The number of nitrogens with one attached hydrogen (secondary N) is 1. The van der Waals surface area contributed by atoms with Crippen molar-refractivity contribution < 1.29 is 9.53 Å². The molecule has 1 saturated heterocycles. The number of rotatable bonds is 6. The molecule has 1 fully saturated rings. The number of H-pyrrole nitrogens is 1. The van der Waals surface area contributed by atoms with Crippen LogP contribution in [0.1, 0.15) is 22.3 Å². The van der Waals surface area contributed by atoms with Gasteiger partial charge in [0.15, 0.2) is 0 Å². The SMILES string of the molecule is Cn1cnc(CCN2CCN(C(=O)Oc3ccc(C(S)c4ncc[nH]4)cc3)CC2)c1. The molecule has 30 heavy (non-hydrogen) atoms. The summed E-state index contributed by atoms with van der Waals surface area (Å²) in [6.45, 7) is 3.95. The molecule has 1 aromatic carbocycles. The molecule has 0 bridgehead atoms. The van der Waals surface area contributed by atoms with Gasteiger partial charge in [0.05, 0.1) is 17.3 Å². The number of aryl methyl sites for hydroxylation is 1. The van der Waals surface area contributed by atoms with Crippen molar-refractivity contribution >= 4 is 18.7 Å². The van der Waals surface area contributed by atoms with Gasteiger partial charge in [0.2, 0.25) is 0 Å². The average Bonchev–Trinajstić information content (AvgIpc) is 3.44. The van der Waals surface area contributed by atoms with E-state index in [-0.39, 0.29) is 11.3 Å². The van der Waals surface area contributed by atoms with Crippen molar-refractivity contribution in [3.05, 3.63) is 66.3 Å². The number of thiol groups is 1. The Labute approximate surface area is 181 Å². The van der Waals surface area contributed by atoms with Gasteiger partial charge in [0.1, 0.15) is 11.6 Å². The maximum atomic E-state index is 12.5. The van der Waals surface area contributed by atoms with Crippen molar-refractivity contribution in [1.29, 1.82) is 0 Å². The van der Waals surface area contributed by atoms with Crippen LogP contribution in [0.25, 0.3) is 0 Å². The van der Waals surface area contributed by atoms with Gasteiger partial charge in [-0.05, 0) is 17.7 Å². The zero-order valence-corrected chi connectivity index (χ0v) is 17.8. The molecule has 1 aliphatic rings. The van der Waals surface area contributed by atoms with E-state index in [2.05, 4.69) is 32.5 Å². The average molecular weight is 427 g/mol. The molecular weight excluding hydrogens is 400 g/mol. The lowest BCUT2D eigenvalue weighted by Gasteiger charge is -2.33. The van der Waals surface area contributed by atoms with Gasteiger partial charge >= 0.3 is 6.09 Å². The molecule has 1 atom stereocenters. The maximum absolute atomic E-state index is 12.5. The zero-order valence-electron chi connectivity index (χ0n) is 16.9. The van der Waals surface area contributed by atoms with Crippen LogP contribution in [-0.4, -0.2) is 68.1 Å². The second-order valence-electron chi connectivity index (χ2n) is 7.42. The Morgan fingerprint density at radius 2 is 1.97 bits per heavy atom. The van der Waals surface area contributed by atoms with E-state index < -0.39 is 0 Å². The Morgan fingerprint density at radius 1 is 1.20 bits per heavy atom. The molecule has 0 saturated carbocycles. The quantitative estimate of drug-likeness (QED) is 0.592. The minimum absolute atomic E-state index is 0.149. The highest BCUT2D eigenvalue weighted by Gasteiger charge is 2.22. The summed E-state index contributed by atoms with van der Waals surface area (Å²) >= 11 is 4.59. The summed E-state index contributed by atoms with van der Waals surface area (Å²) in [6.07, 6.45) is 7.95. The minimum Gasteiger partial charge on any atom is -0.410 e. The summed E-state index contributed by atoms with van der Waals surface area (Å²) in [7, 11) is 1.98. The molecule has 1 amide bonds. The van der Waals surface area contributed by atoms with E-state index in [1.54, 1.807) is 29.4 Å². The third-order valence-electron chi connectivity index (χ3n) is 5.25. The maximum Gasteiger partial charge on any atom is 0.415 e. The Balaban J connectivity index is 1.23. The smallest absolute Gasteiger partial charge is 0.410 e. The number of ether oxygens (including phenoxy) is 1. The first-order chi connectivity index (χ1) is 14.6. The number of carbonyl (C=O) groups is 1. The molecule has 3 aromatic rings. The van der Waals surface area contributed by atoms with Gasteiger partial charge in [-0.2, -0.15) is 12.6 Å². The number of piperazine rings is 1. The van der Waals surface area contributed by atoms with Crippen LogP contribution in [0.3, 0.4) is 0 Å². The van der Waals surface area contributed by atoms with E-state index in [1.807, 2.05) is 36.3 Å². The molecule has 1 aliphatic heterocycles. The predicted octanol–water partition coefficient (Wildman–Crippen LogP) is 2.52. The molecule has 3 heterocycles. The van der Waals surface area contributed by atoms with Gasteiger partial charge in [-0.15, -0.1) is 0 Å². The van der Waals surface area contributed by atoms with E-state index in [0.29, 0.717) is 18.8 Å². The number of hydrogen-bond donors (Lipinski definition) is 2. The van der Waals surface area contributed by atoms with Gasteiger partial charge in [0.25, 0.3) is 0 Å². The summed E-state index contributed by atoms with van der Waals surface area (Å²) in [5.41, 5.74) is 2.08. The van der Waals surface area contributed by atoms with Crippen molar-refractivity contribution in [2.45, 2.75) is 11.7 Å². The largest absolute Gasteiger partial charge is 0.415 e. The number of nitrogens with zero attached hydrogens (tertiary/aromatic N) is 5. The Kier molecular flexibility index (Phi) is 6.39. The van der Waals surface area contributed by atoms with E-state index >= 15 is 0 Å². The standard InChI is InChI=1S/C21H26N6O2S/c1-25-14-17(24-15-25)6-9-26-10-12-27(13-11-26)21(28)29-18-4-2-16(3-5-18)19(30)20-22-7-8-23-20/h2-5,7-8,14-15,19,30H,6,9-13H2,1H3,(H,22,23). The number of benzene rings is 1. The number of aromatic nitrogens is 4. The summed E-state index contributed by atoms with van der Waals surface area (Å²) in [4.78, 5) is 28.3. The van der Waals surface area contributed by atoms with E-state index in [9.17, 15) is 4.79 Å². The van der Waals surface area contributed by atoms with Crippen molar-refractivity contribution in [2.24, 2.45) is 7.05 Å². The summed E-state index contributed by atoms with van der Waals surface area (Å²) < 4.78 is 7.52. The summed E-state index contributed by atoms with van der Waals surface area (Å²) in [5, 5.41) is -0.149. The molecule has 0 radical (unpaired) electrons. The predicted molar refractivity (Wildman–Crippen MR) is 117 cm³/mol. The van der Waals surface area contributed by atoms with Gasteiger partial charge in [-0.1, -0.05) is 12.1 Å². The molecule has 2 aromatic heterocycles. The second-order valence-corrected chi connectivity index (χ2v) is 7.94. The number of amides is 1. The lowest BCUT2D eigenvalue weighted by atomic mass is 10.1. The minimum atomic E-state index is -0.305. The summed E-state index contributed by atoms with van der Waals surface area (Å²) in [6, 6.07) is 7.39. The molecular formula is C21H26N6O2S. The first-order valence-electron chi connectivity index (χ1n) is 10.0. The van der Waals surface area contributed by atoms with Crippen molar-refractivity contribution in [2.75, 3.05) is 32.7 Å². The van der Waals surface area contributed by atoms with Crippen LogP contribution >= 0.6 is 12.6 Å². The van der Waals surface area contributed by atoms with Crippen LogP contribution in [0, 0.1) is 0 Å². The summed E-state index contributed by atoms with van der Waals surface area (Å²) in [5.74, 6) is 1.31. The Hall–Kier alpha value is -2.78. The zero-order chi connectivity index (χ0) is 20.9. The molecule has 4 rings (SSSR count). The fourth-order valence-corrected chi connectivity index (χ4v) is 3.80. The monoisotopic (exact) mass is 426 g/mol. The number of carbonyl (C=O) groups excluding carboxylic acids is 1.